The number of nitrogens with zero attached hydrogens (tertiary/aromatic N) is 2. The van der Waals surface area contributed by atoms with Gasteiger partial charge in [-0.1, -0.05) is 35.0 Å². The van der Waals surface area contributed by atoms with Crippen molar-refractivity contribution < 1.29 is 9.26 Å². The largest absolute Gasteiger partial charge is 0.497 e. The van der Waals surface area contributed by atoms with Crippen molar-refractivity contribution in [1.29, 1.82) is 0 Å². The third kappa shape index (κ3) is 3.25. The standard InChI is InChI=1S/C17H17N3O2/c1-12-3-5-13(6-4-12)11-18-17-19-16(20-22-17)14-7-9-15(21-2)10-8-14/h3-10H,11H2,1-2H3,(H,18,19,20). The number of rotatable bonds is 5. The number of methoxy groups -OCH3 is 1. The van der Waals surface area contributed by atoms with Gasteiger partial charge < -0.3 is 14.6 Å². The number of hydrogen-bond donors (Lipinski definition) is 1. The Labute approximate surface area is 128 Å². The number of ether oxygens (including phenoxy) is 1. The van der Waals surface area contributed by atoms with Crippen molar-refractivity contribution in [1.82, 2.24) is 10.1 Å². The van der Waals surface area contributed by atoms with Crippen LogP contribution in [0.15, 0.2) is 53.1 Å². The number of aryl methyl sites for hydroxylation is 1. The summed E-state index contributed by atoms with van der Waals surface area (Å²) in [6.45, 7) is 2.71. The van der Waals surface area contributed by atoms with Crippen LogP contribution in [0.5, 0.6) is 5.75 Å². The van der Waals surface area contributed by atoms with Crippen molar-refractivity contribution in [3.05, 3.63) is 59.7 Å². The molecule has 0 amide bonds. The van der Waals surface area contributed by atoms with Crippen LogP contribution in [0.25, 0.3) is 11.4 Å². The van der Waals surface area contributed by atoms with Gasteiger partial charge in [-0.15, -0.1) is 0 Å². The molecule has 0 unspecified atom stereocenters. The molecule has 0 saturated carbocycles. The van der Waals surface area contributed by atoms with Gasteiger partial charge in [0.2, 0.25) is 5.82 Å². The predicted octanol–water partition coefficient (Wildman–Crippen LogP) is 3.67. The highest BCUT2D eigenvalue weighted by atomic mass is 16.5. The normalized spacial score (nSPS) is 10.5. The van der Waals surface area contributed by atoms with E-state index in [1.165, 1.54) is 5.56 Å². The molecule has 0 aliphatic rings. The van der Waals surface area contributed by atoms with Crippen LogP contribution in [0.4, 0.5) is 6.01 Å². The zero-order valence-electron chi connectivity index (χ0n) is 12.5. The molecule has 5 heteroatoms. The van der Waals surface area contributed by atoms with Gasteiger partial charge in [0.05, 0.1) is 7.11 Å². The molecule has 3 rings (SSSR count). The second-order valence-electron chi connectivity index (χ2n) is 4.99. The van der Waals surface area contributed by atoms with Crippen molar-refractivity contribution in [3.8, 4) is 17.1 Å². The first-order valence-corrected chi connectivity index (χ1v) is 7.02. The van der Waals surface area contributed by atoms with E-state index in [-0.39, 0.29) is 0 Å². The summed E-state index contributed by atoms with van der Waals surface area (Å²) >= 11 is 0. The summed E-state index contributed by atoms with van der Waals surface area (Å²) in [5, 5.41) is 7.11. The fraction of sp³-hybridized carbons (Fsp3) is 0.176. The van der Waals surface area contributed by atoms with Crippen molar-refractivity contribution in [2.75, 3.05) is 12.4 Å². The van der Waals surface area contributed by atoms with E-state index in [2.05, 4.69) is 46.6 Å². The van der Waals surface area contributed by atoms with Gasteiger partial charge in [0.15, 0.2) is 0 Å². The lowest BCUT2D eigenvalue weighted by molar-refractivity contribution is 0.415. The highest BCUT2D eigenvalue weighted by molar-refractivity contribution is 5.56. The van der Waals surface area contributed by atoms with E-state index in [9.17, 15) is 0 Å². The maximum absolute atomic E-state index is 5.22. The Morgan fingerprint density at radius 1 is 1.05 bits per heavy atom. The van der Waals surface area contributed by atoms with E-state index < -0.39 is 0 Å². The van der Waals surface area contributed by atoms with Gasteiger partial charge in [-0.05, 0) is 36.8 Å². The highest BCUT2D eigenvalue weighted by Crippen LogP contribution is 2.21. The smallest absolute Gasteiger partial charge is 0.322 e. The lowest BCUT2D eigenvalue weighted by atomic mass is 10.1. The summed E-state index contributed by atoms with van der Waals surface area (Å²) in [4.78, 5) is 4.34. The number of benzene rings is 2. The second-order valence-corrected chi connectivity index (χ2v) is 4.99. The average Bonchev–Trinajstić information content (AvgIpc) is 3.03. The highest BCUT2D eigenvalue weighted by Gasteiger charge is 2.08. The van der Waals surface area contributed by atoms with Crippen LogP contribution in [0, 0.1) is 6.92 Å². The molecule has 3 aromatic rings. The van der Waals surface area contributed by atoms with Crippen LogP contribution >= 0.6 is 0 Å². The Balaban J connectivity index is 1.66. The third-order valence-corrected chi connectivity index (χ3v) is 3.34. The van der Waals surface area contributed by atoms with Crippen LogP contribution < -0.4 is 10.1 Å². The summed E-state index contributed by atoms with van der Waals surface area (Å²) in [6, 6.07) is 16.2. The van der Waals surface area contributed by atoms with Crippen molar-refractivity contribution in [3.63, 3.8) is 0 Å². The molecule has 1 heterocycles. The zero-order valence-corrected chi connectivity index (χ0v) is 12.5. The summed E-state index contributed by atoms with van der Waals surface area (Å²) in [6.07, 6.45) is 0. The van der Waals surface area contributed by atoms with Gasteiger partial charge in [-0.2, -0.15) is 4.98 Å². The molecule has 0 fully saturated rings. The van der Waals surface area contributed by atoms with Crippen LogP contribution in [-0.2, 0) is 6.54 Å². The summed E-state index contributed by atoms with van der Waals surface area (Å²) in [5.41, 5.74) is 3.28. The average molecular weight is 295 g/mol. The fourth-order valence-electron chi connectivity index (χ4n) is 2.04. The molecule has 0 atom stereocenters. The Kier molecular flexibility index (Phi) is 4.05. The molecular weight excluding hydrogens is 278 g/mol. The molecule has 0 aliphatic heterocycles. The van der Waals surface area contributed by atoms with E-state index in [0.717, 1.165) is 16.9 Å². The van der Waals surface area contributed by atoms with Crippen molar-refractivity contribution >= 4 is 6.01 Å². The van der Waals surface area contributed by atoms with Crippen molar-refractivity contribution in [2.24, 2.45) is 0 Å². The summed E-state index contributed by atoms with van der Waals surface area (Å²) in [7, 11) is 1.64. The molecule has 0 aliphatic carbocycles. The van der Waals surface area contributed by atoms with Crippen LogP contribution in [0.1, 0.15) is 11.1 Å². The first-order chi connectivity index (χ1) is 10.7. The Morgan fingerprint density at radius 3 is 2.45 bits per heavy atom. The van der Waals surface area contributed by atoms with Crippen LogP contribution in [0.3, 0.4) is 0 Å². The molecule has 1 N–H and O–H groups in total. The van der Waals surface area contributed by atoms with Gasteiger partial charge in [-0.3, -0.25) is 0 Å². The molecule has 0 radical (unpaired) electrons. The molecule has 5 nitrogen and oxygen atoms in total. The van der Waals surface area contributed by atoms with Gasteiger partial charge >= 0.3 is 6.01 Å². The molecule has 1 aromatic heterocycles. The molecule has 112 valence electrons. The minimum absolute atomic E-state index is 0.409. The molecule has 0 spiro atoms. The van der Waals surface area contributed by atoms with Gasteiger partial charge in [-0.25, -0.2) is 0 Å². The number of nitrogens with one attached hydrogen (secondary N) is 1. The molecule has 22 heavy (non-hydrogen) atoms. The van der Waals surface area contributed by atoms with Gasteiger partial charge in [0, 0.05) is 12.1 Å². The van der Waals surface area contributed by atoms with Gasteiger partial charge in [0.1, 0.15) is 5.75 Å². The van der Waals surface area contributed by atoms with E-state index >= 15 is 0 Å². The maximum atomic E-state index is 5.22. The van der Waals surface area contributed by atoms with E-state index in [1.807, 2.05) is 24.3 Å². The van der Waals surface area contributed by atoms with E-state index in [0.29, 0.717) is 18.4 Å². The minimum atomic E-state index is 0.409. The number of anilines is 1. The third-order valence-electron chi connectivity index (χ3n) is 3.34. The minimum Gasteiger partial charge on any atom is -0.497 e. The Bertz CT molecular complexity index is 733. The predicted molar refractivity (Wildman–Crippen MR) is 84.8 cm³/mol. The Morgan fingerprint density at radius 2 is 1.77 bits per heavy atom. The quantitative estimate of drug-likeness (QED) is 0.778. The molecule has 2 aromatic carbocycles. The Hall–Kier alpha value is -2.82. The summed E-state index contributed by atoms with van der Waals surface area (Å²) < 4.78 is 10.3. The lowest BCUT2D eigenvalue weighted by Gasteiger charge is -2.01. The van der Waals surface area contributed by atoms with Crippen molar-refractivity contribution in [2.45, 2.75) is 13.5 Å². The molecule has 0 bridgehead atoms. The van der Waals surface area contributed by atoms with Crippen LogP contribution in [-0.4, -0.2) is 17.3 Å². The first kappa shape index (κ1) is 14.1. The topological polar surface area (TPSA) is 60.2 Å². The van der Waals surface area contributed by atoms with E-state index in [4.69, 9.17) is 9.26 Å². The first-order valence-electron chi connectivity index (χ1n) is 7.02. The second kappa shape index (κ2) is 6.30. The monoisotopic (exact) mass is 295 g/mol. The fourth-order valence-corrected chi connectivity index (χ4v) is 2.04. The lowest BCUT2D eigenvalue weighted by Crippen LogP contribution is -1.99. The number of hydrogen-bond acceptors (Lipinski definition) is 5. The van der Waals surface area contributed by atoms with Gasteiger partial charge in [0.25, 0.3) is 0 Å². The maximum Gasteiger partial charge on any atom is 0.322 e. The summed E-state index contributed by atoms with van der Waals surface area (Å²) in [5.74, 6) is 1.35. The van der Waals surface area contributed by atoms with Crippen LogP contribution in [0.2, 0.25) is 0 Å². The molecular formula is C17H17N3O2. The van der Waals surface area contributed by atoms with E-state index in [1.54, 1.807) is 7.11 Å². The zero-order chi connectivity index (χ0) is 15.4. The molecule has 0 saturated heterocycles. The number of aromatic nitrogens is 2. The SMILES string of the molecule is COc1ccc(-c2noc(NCc3ccc(C)cc3)n2)cc1.